The normalized spacial score (nSPS) is 21.9. The maximum atomic E-state index is 13.3. The van der Waals surface area contributed by atoms with Gasteiger partial charge in [0.25, 0.3) is 0 Å². The second-order valence-corrected chi connectivity index (χ2v) is 7.37. The molecule has 128 valence electrons. The number of amides is 1. The summed E-state index contributed by atoms with van der Waals surface area (Å²) in [5.41, 5.74) is -0.582. The number of hydrogen-bond donors (Lipinski definition) is 1. The Balaban J connectivity index is 1.96. The summed E-state index contributed by atoms with van der Waals surface area (Å²) in [7, 11) is 0. The van der Waals surface area contributed by atoms with Gasteiger partial charge in [0.1, 0.15) is 29.4 Å². The van der Waals surface area contributed by atoms with Gasteiger partial charge in [-0.15, -0.1) is 0 Å². The van der Waals surface area contributed by atoms with Gasteiger partial charge < -0.3 is 19.5 Å². The number of β-amino-alcohol motifs (C(OH)–C–C–N with tert-alkyl or cyclic N) is 1. The van der Waals surface area contributed by atoms with Gasteiger partial charge in [0.2, 0.25) is 0 Å². The minimum Gasteiger partial charge on any atom is -0.486 e. The third kappa shape index (κ3) is 5.07. The molecule has 1 aromatic rings. The van der Waals surface area contributed by atoms with Crippen molar-refractivity contribution >= 4 is 22.0 Å². The largest absolute Gasteiger partial charge is 0.486 e. The highest BCUT2D eigenvalue weighted by molar-refractivity contribution is 9.10. The Labute approximate surface area is 143 Å². The molecule has 2 atom stereocenters. The molecule has 0 aliphatic carbocycles. The average Bonchev–Trinajstić information content (AvgIpc) is 2.43. The number of aliphatic hydroxyl groups excluding tert-OH is 1. The second-order valence-electron chi connectivity index (χ2n) is 6.51. The molecule has 0 saturated carbocycles. The van der Waals surface area contributed by atoms with Crippen LogP contribution in [-0.2, 0) is 4.74 Å². The van der Waals surface area contributed by atoms with E-state index in [1.165, 1.54) is 17.0 Å². The van der Waals surface area contributed by atoms with Crippen LogP contribution in [0.5, 0.6) is 5.75 Å². The first-order valence-electron chi connectivity index (χ1n) is 7.43. The van der Waals surface area contributed by atoms with Crippen LogP contribution >= 0.6 is 15.9 Å². The van der Waals surface area contributed by atoms with Gasteiger partial charge in [-0.05, 0) is 48.8 Å². The second kappa shape index (κ2) is 7.05. The fraction of sp³-hybridized carbons (Fsp3) is 0.562. The number of aliphatic hydroxyl groups is 1. The van der Waals surface area contributed by atoms with Crippen LogP contribution in [0.2, 0.25) is 0 Å². The molecule has 1 aliphatic rings. The maximum absolute atomic E-state index is 13.3. The van der Waals surface area contributed by atoms with Crippen LogP contribution in [0.4, 0.5) is 9.18 Å². The first-order chi connectivity index (χ1) is 10.7. The molecule has 0 aromatic heterocycles. The summed E-state index contributed by atoms with van der Waals surface area (Å²) in [6.07, 6.45) is -1.40. The average molecular weight is 390 g/mol. The summed E-state index contributed by atoms with van der Waals surface area (Å²) in [6, 6.07) is 4.13. The van der Waals surface area contributed by atoms with E-state index < -0.39 is 29.7 Å². The molecule has 7 heteroatoms. The van der Waals surface area contributed by atoms with Gasteiger partial charge in [-0.25, -0.2) is 9.18 Å². The van der Waals surface area contributed by atoms with Gasteiger partial charge in [0.05, 0.1) is 11.0 Å². The van der Waals surface area contributed by atoms with Crippen molar-refractivity contribution in [2.45, 2.75) is 45.0 Å². The lowest BCUT2D eigenvalue weighted by atomic mass is 10.1. The van der Waals surface area contributed by atoms with Crippen molar-refractivity contribution in [1.29, 1.82) is 0 Å². The van der Waals surface area contributed by atoms with Crippen molar-refractivity contribution in [3.05, 3.63) is 28.5 Å². The zero-order valence-corrected chi connectivity index (χ0v) is 15.0. The SMILES string of the molecule is CC(C)(C)OC(=O)N1CCC(Oc2cc(F)ccc2Br)[C@@H](O)C1. The van der Waals surface area contributed by atoms with Crippen LogP contribution in [0.1, 0.15) is 27.2 Å². The van der Waals surface area contributed by atoms with Crippen molar-refractivity contribution in [3.8, 4) is 5.75 Å². The van der Waals surface area contributed by atoms with Gasteiger partial charge in [0, 0.05) is 19.0 Å². The molecule has 5 nitrogen and oxygen atoms in total. The number of carbonyl (C=O) groups excluding carboxylic acids is 1. The lowest BCUT2D eigenvalue weighted by Crippen LogP contribution is -2.52. The number of halogens is 2. The van der Waals surface area contributed by atoms with Crippen molar-refractivity contribution in [1.82, 2.24) is 4.90 Å². The number of piperidine rings is 1. The smallest absolute Gasteiger partial charge is 0.410 e. The molecule has 1 aliphatic heterocycles. The molecular formula is C16H21BrFNO4. The molecular weight excluding hydrogens is 369 g/mol. The highest BCUT2D eigenvalue weighted by Gasteiger charge is 2.34. The van der Waals surface area contributed by atoms with Gasteiger partial charge in [-0.1, -0.05) is 0 Å². The summed E-state index contributed by atoms with van der Waals surface area (Å²) in [5.74, 6) is -0.0800. The van der Waals surface area contributed by atoms with E-state index in [9.17, 15) is 14.3 Å². The van der Waals surface area contributed by atoms with Crippen LogP contribution in [0, 0.1) is 5.82 Å². The summed E-state index contributed by atoms with van der Waals surface area (Å²) in [5, 5.41) is 10.2. The van der Waals surface area contributed by atoms with Crippen LogP contribution in [0.15, 0.2) is 22.7 Å². The zero-order valence-electron chi connectivity index (χ0n) is 13.4. The molecule has 1 heterocycles. The Morgan fingerprint density at radius 2 is 2.13 bits per heavy atom. The van der Waals surface area contributed by atoms with E-state index in [4.69, 9.17) is 9.47 Å². The first kappa shape index (κ1) is 18.0. The Hall–Kier alpha value is -1.34. The van der Waals surface area contributed by atoms with E-state index in [0.29, 0.717) is 23.2 Å². The van der Waals surface area contributed by atoms with Gasteiger partial charge >= 0.3 is 6.09 Å². The fourth-order valence-corrected chi connectivity index (χ4v) is 2.61. The molecule has 1 saturated heterocycles. The molecule has 1 fully saturated rings. The summed E-state index contributed by atoms with van der Waals surface area (Å²) < 4.78 is 24.9. The molecule has 1 amide bonds. The van der Waals surface area contributed by atoms with Crippen molar-refractivity contribution < 1.29 is 23.8 Å². The zero-order chi connectivity index (χ0) is 17.2. The Morgan fingerprint density at radius 1 is 1.43 bits per heavy atom. The third-order valence-electron chi connectivity index (χ3n) is 3.34. The van der Waals surface area contributed by atoms with Gasteiger partial charge in [0.15, 0.2) is 0 Å². The Morgan fingerprint density at radius 3 is 2.74 bits per heavy atom. The van der Waals surface area contributed by atoms with Crippen LogP contribution in [0.3, 0.4) is 0 Å². The van der Waals surface area contributed by atoms with E-state index in [0.717, 1.165) is 0 Å². The standard InChI is InChI=1S/C16H21BrFNO4/c1-16(2,3)23-15(21)19-7-6-13(12(20)9-19)22-14-8-10(18)4-5-11(14)17/h4-5,8,12-13,20H,6-7,9H2,1-3H3/t12-,13?/m0/s1. The fourth-order valence-electron chi connectivity index (χ4n) is 2.27. The van der Waals surface area contributed by atoms with Crippen molar-refractivity contribution in [2.75, 3.05) is 13.1 Å². The van der Waals surface area contributed by atoms with Gasteiger partial charge in [-0.3, -0.25) is 0 Å². The van der Waals surface area contributed by atoms with Crippen molar-refractivity contribution in [3.63, 3.8) is 0 Å². The number of rotatable bonds is 2. The summed E-state index contributed by atoms with van der Waals surface area (Å²) >= 11 is 3.29. The third-order valence-corrected chi connectivity index (χ3v) is 4.00. The first-order valence-corrected chi connectivity index (χ1v) is 8.23. The monoisotopic (exact) mass is 389 g/mol. The number of carbonyl (C=O) groups is 1. The molecule has 2 rings (SSSR count). The number of likely N-dealkylation sites (tertiary alicyclic amines) is 1. The molecule has 0 bridgehead atoms. The highest BCUT2D eigenvalue weighted by Crippen LogP contribution is 2.29. The summed E-state index contributed by atoms with van der Waals surface area (Å²) in [6.45, 7) is 5.89. The maximum Gasteiger partial charge on any atom is 0.410 e. The van der Waals surface area contributed by atoms with Gasteiger partial charge in [-0.2, -0.15) is 0 Å². The van der Waals surface area contributed by atoms with Crippen LogP contribution < -0.4 is 4.74 Å². The summed E-state index contributed by atoms with van der Waals surface area (Å²) in [4.78, 5) is 13.5. The van der Waals surface area contributed by atoms with Crippen molar-refractivity contribution in [2.24, 2.45) is 0 Å². The molecule has 1 N–H and O–H groups in total. The minimum absolute atomic E-state index is 0.118. The van der Waals surface area contributed by atoms with E-state index in [2.05, 4.69) is 15.9 Å². The number of hydrogen-bond acceptors (Lipinski definition) is 4. The molecule has 1 unspecified atom stereocenters. The predicted molar refractivity (Wildman–Crippen MR) is 86.9 cm³/mol. The van der Waals surface area contributed by atoms with E-state index in [-0.39, 0.29) is 6.54 Å². The van der Waals surface area contributed by atoms with E-state index in [1.54, 1.807) is 26.8 Å². The molecule has 0 radical (unpaired) electrons. The lowest BCUT2D eigenvalue weighted by molar-refractivity contribution is -0.0377. The topological polar surface area (TPSA) is 59.0 Å². The van der Waals surface area contributed by atoms with Crippen LogP contribution in [-0.4, -0.2) is 47.0 Å². The molecule has 0 spiro atoms. The Kier molecular flexibility index (Phi) is 5.52. The Bertz CT molecular complexity index is 576. The quantitative estimate of drug-likeness (QED) is 0.842. The molecule has 1 aromatic carbocycles. The van der Waals surface area contributed by atoms with Crippen LogP contribution in [0.25, 0.3) is 0 Å². The molecule has 23 heavy (non-hydrogen) atoms. The number of ether oxygens (including phenoxy) is 2. The predicted octanol–water partition coefficient (Wildman–Crippen LogP) is 3.34. The van der Waals surface area contributed by atoms with E-state index in [1.807, 2.05) is 0 Å². The minimum atomic E-state index is -0.869. The van der Waals surface area contributed by atoms with E-state index >= 15 is 0 Å². The lowest BCUT2D eigenvalue weighted by Gasteiger charge is -2.36. The highest BCUT2D eigenvalue weighted by atomic mass is 79.9. The number of benzene rings is 1. The number of nitrogens with zero attached hydrogens (tertiary/aromatic N) is 1.